The number of methoxy groups -OCH3 is 2. The van der Waals surface area contributed by atoms with E-state index in [9.17, 15) is 4.79 Å². The zero-order chi connectivity index (χ0) is 16.1. The maximum absolute atomic E-state index is 12.3. The number of amides is 1. The summed E-state index contributed by atoms with van der Waals surface area (Å²) < 4.78 is 14.6. The number of carbonyl (C=O) groups is 1. The van der Waals surface area contributed by atoms with Gasteiger partial charge in [-0.05, 0) is 36.2 Å². The summed E-state index contributed by atoms with van der Waals surface area (Å²) >= 11 is 1.28. The van der Waals surface area contributed by atoms with Crippen LogP contribution in [-0.4, -0.2) is 31.5 Å². The second-order valence-corrected chi connectivity index (χ2v) is 5.37. The molecular formula is C15H19N3O3S. The maximum atomic E-state index is 12.3. The predicted molar refractivity (Wildman–Crippen MR) is 87.1 cm³/mol. The zero-order valence-corrected chi connectivity index (χ0v) is 13.8. The summed E-state index contributed by atoms with van der Waals surface area (Å²) in [4.78, 5) is 12.3. The van der Waals surface area contributed by atoms with Gasteiger partial charge in [0.15, 0.2) is 11.5 Å². The summed E-state index contributed by atoms with van der Waals surface area (Å²) in [5.41, 5.74) is 2.24. The third-order valence-electron chi connectivity index (χ3n) is 3.22. The van der Waals surface area contributed by atoms with E-state index in [-0.39, 0.29) is 5.91 Å². The first-order valence-corrected chi connectivity index (χ1v) is 7.51. The molecule has 1 aromatic carbocycles. The van der Waals surface area contributed by atoms with Crippen molar-refractivity contribution in [3.63, 3.8) is 0 Å². The lowest BCUT2D eigenvalue weighted by molar-refractivity contribution is 0.0951. The molecule has 0 aliphatic carbocycles. The van der Waals surface area contributed by atoms with Crippen LogP contribution in [0.15, 0.2) is 18.2 Å². The predicted octanol–water partition coefficient (Wildman–Crippen LogP) is 2.44. The zero-order valence-electron chi connectivity index (χ0n) is 13.0. The SMILES string of the molecule is CNc1snc(C)c1C(=O)NCc1ccc(OC)c(OC)c1. The lowest BCUT2D eigenvalue weighted by Gasteiger charge is -2.10. The minimum atomic E-state index is -0.148. The van der Waals surface area contributed by atoms with E-state index in [1.54, 1.807) is 21.3 Å². The Hall–Kier alpha value is -2.28. The van der Waals surface area contributed by atoms with Gasteiger partial charge in [0.25, 0.3) is 5.91 Å². The maximum Gasteiger partial charge on any atom is 0.256 e. The Morgan fingerprint density at radius 2 is 2.00 bits per heavy atom. The fourth-order valence-corrected chi connectivity index (χ4v) is 2.81. The van der Waals surface area contributed by atoms with Crippen LogP contribution in [-0.2, 0) is 6.54 Å². The molecule has 22 heavy (non-hydrogen) atoms. The molecule has 0 saturated heterocycles. The van der Waals surface area contributed by atoms with Gasteiger partial charge in [-0.1, -0.05) is 6.07 Å². The number of nitrogens with zero attached hydrogens (tertiary/aromatic N) is 1. The molecule has 2 rings (SSSR count). The minimum absolute atomic E-state index is 0.148. The van der Waals surface area contributed by atoms with Gasteiger partial charge in [-0.15, -0.1) is 0 Å². The normalized spacial score (nSPS) is 10.2. The van der Waals surface area contributed by atoms with Gasteiger partial charge in [0.1, 0.15) is 5.00 Å². The highest BCUT2D eigenvalue weighted by atomic mass is 32.1. The smallest absolute Gasteiger partial charge is 0.256 e. The number of anilines is 1. The van der Waals surface area contributed by atoms with Crippen LogP contribution in [0.1, 0.15) is 21.6 Å². The first kappa shape index (κ1) is 16.1. The molecule has 0 radical (unpaired) electrons. The van der Waals surface area contributed by atoms with E-state index >= 15 is 0 Å². The van der Waals surface area contributed by atoms with Crippen molar-refractivity contribution < 1.29 is 14.3 Å². The Kier molecular flexibility index (Phi) is 5.21. The quantitative estimate of drug-likeness (QED) is 0.855. The molecule has 1 heterocycles. The monoisotopic (exact) mass is 321 g/mol. The molecule has 1 aromatic heterocycles. The third-order valence-corrected chi connectivity index (χ3v) is 4.17. The number of carbonyl (C=O) groups excluding carboxylic acids is 1. The molecule has 7 heteroatoms. The van der Waals surface area contributed by atoms with Crippen LogP contribution in [0.5, 0.6) is 11.5 Å². The van der Waals surface area contributed by atoms with E-state index in [1.165, 1.54) is 11.5 Å². The fourth-order valence-electron chi connectivity index (χ4n) is 2.07. The Morgan fingerprint density at radius 1 is 1.27 bits per heavy atom. The Labute approximate surface area is 133 Å². The average Bonchev–Trinajstić information content (AvgIpc) is 2.93. The van der Waals surface area contributed by atoms with Gasteiger partial charge in [0, 0.05) is 13.6 Å². The number of aromatic nitrogens is 1. The summed E-state index contributed by atoms with van der Waals surface area (Å²) in [6, 6.07) is 5.55. The van der Waals surface area contributed by atoms with Crippen LogP contribution in [0.2, 0.25) is 0 Å². The minimum Gasteiger partial charge on any atom is -0.493 e. The van der Waals surface area contributed by atoms with Crippen LogP contribution in [0.25, 0.3) is 0 Å². The second-order valence-electron chi connectivity index (χ2n) is 4.59. The molecule has 0 aliphatic rings. The van der Waals surface area contributed by atoms with Gasteiger partial charge < -0.3 is 20.1 Å². The van der Waals surface area contributed by atoms with E-state index in [2.05, 4.69) is 15.0 Å². The van der Waals surface area contributed by atoms with Gasteiger partial charge in [0.05, 0.1) is 25.5 Å². The largest absolute Gasteiger partial charge is 0.493 e. The highest BCUT2D eigenvalue weighted by molar-refractivity contribution is 7.10. The first-order valence-electron chi connectivity index (χ1n) is 6.73. The fraction of sp³-hybridized carbons (Fsp3) is 0.333. The number of hydrogen-bond donors (Lipinski definition) is 2. The number of ether oxygens (including phenoxy) is 2. The molecule has 1 amide bonds. The first-order chi connectivity index (χ1) is 10.6. The van der Waals surface area contributed by atoms with Crippen molar-refractivity contribution in [1.29, 1.82) is 0 Å². The second kappa shape index (κ2) is 7.13. The van der Waals surface area contributed by atoms with E-state index in [1.807, 2.05) is 25.1 Å². The van der Waals surface area contributed by atoms with Gasteiger partial charge >= 0.3 is 0 Å². The third kappa shape index (κ3) is 3.30. The van der Waals surface area contributed by atoms with Gasteiger partial charge in [-0.2, -0.15) is 4.37 Å². The van der Waals surface area contributed by atoms with Crippen LogP contribution in [0.4, 0.5) is 5.00 Å². The molecule has 2 aromatic rings. The van der Waals surface area contributed by atoms with Crippen molar-refractivity contribution in [3.8, 4) is 11.5 Å². The number of rotatable bonds is 6. The van der Waals surface area contributed by atoms with Crippen LogP contribution < -0.4 is 20.1 Å². The standard InChI is InChI=1S/C15H19N3O3S/c1-9-13(15(16-2)22-18-9)14(19)17-8-10-5-6-11(20-3)12(7-10)21-4/h5-7,16H,8H2,1-4H3,(H,17,19). The number of hydrogen-bond acceptors (Lipinski definition) is 6. The molecule has 0 spiro atoms. The number of nitrogens with one attached hydrogen (secondary N) is 2. The van der Waals surface area contributed by atoms with Crippen molar-refractivity contribution >= 4 is 22.4 Å². The lowest BCUT2D eigenvalue weighted by atomic mass is 10.2. The van der Waals surface area contributed by atoms with Crippen LogP contribution in [0.3, 0.4) is 0 Å². The number of benzene rings is 1. The Balaban J connectivity index is 2.09. The van der Waals surface area contributed by atoms with Gasteiger partial charge in [0.2, 0.25) is 0 Å². The van der Waals surface area contributed by atoms with Crippen LogP contribution >= 0.6 is 11.5 Å². The van der Waals surface area contributed by atoms with Crippen molar-refractivity contribution in [2.75, 3.05) is 26.6 Å². The molecule has 118 valence electrons. The van der Waals surface area contributed by atoms with Crippen molar-refractivity contribution in [2.45, 2.75) is 13.5 Å². The molecular weight excluding hydrogens is 302 g/mol. The van der Waals surface area contributed by atoms with Gasteiger partial charge in [-0.3, -0.25) is 4.79 Å². The summed E-state index contributed by atoms with van der Waals surface area (Å²) in [5, 5.41) is 6.65. The topological polar surface area (TPSA) is 72.5 Å². The Bertz CT molecular complexity index is 670. The van der Waals surface area contributed by atoms with Crippen molar-refractivity contribution in [3.05, 3.63) is 35.0 Å². The summed E-state index contributed by atoms with van der Waals surface area (Å²) in [6.45, 7) is 2.22. The van der Waals surface area contributed by atoms with Crippen molar-refractivity contribution in [2.24, 2.45) is 0 Å². The molecule has 0 atom stereocenters. The highest BCUT2D eigenvalue weighted by Gasteiger charge is 2.17. The lowest BCUT2D eigenvalue weighted by Crippen LogP contribution is -2.23. The van der Waals surface area contributed by atoms with E-state index in [4.69, 9.17) is 9.47 Å². The summed E-state index contributed by atoms with van der Waals surface area (Å²) in [5.74, 6) is 1.15. The van der Waals surface area contributed by atoms with E-state index in [0.29, 0.717) is 23.6 Å². The summed E-state index contributed by atoms with van der Waals surface area (Å²) in [7, 11) is 4.95. The Morgan fingerprint density at radius 3 is 2.64 bits per heavy atom. The molecule has 0 saturated carbocycles. The van der Waals surface area contributed by atoms with Crippen LogP contribution in [0, 0.1) is 6.92 Å². The van der Waals surface area contributed by atoms with Gasteiger partial charge in [-0.25, -0.2) is 0 Å². The molecule has 0 aliphatic heterocycles. The highest BCUT2D eigenvalue weighted by Crippen LogP contribution is 2.28. The van der Waals surface area contributed by atoms with E-state index < -0.39 is 0 Å². The molecule has 2 N–H and O–H groups in total. The molecule has 0 unspecified atom stereocenters. The number of aryl methyl sites for hydroxylation is 1. The molecule has 0 bridgehead atoms. The molecule has 0 fully saturated rings. The van der Waals surface area contributed by atoms with E-state index in [0.717, 1.165) is 16.3 Å². The molecule has 6 nitrogen and oxygen atoms in total. The average molecular weight is 321 g/mol. The summed E-state index contributed by atoms with van der Waals surface area (Å²) in [6.07, 6.45) is 0. The van der Waals surface area contributed by atoms with Crippen molar-refractivity contribution in [1.82, 2.24) is 9.69 Å².